The maximum absolute atomic E-state index is 13.3. The molecular weight excluding hydrogens is 394 g/mol. The zero-order chi connectivity index (χ0) is 19.9. The van der Waals surface area contributed by atoms with Crippen LogP contribution in [0.3, 0.4) is 0 Å². The first-order valence-corrected chi connectivity index (χ1v) is 12.2. The first-order chi connectivity index (χ1) is 13.3. The van der Waals surface area contributed by atoms with E-state index in [0.717, 1.165) is 41.7 Å². The summed E-state index contributed by atoms with van der Waals surface area (Å²) in [5, 5.41) is 3.48. The zero-order valence-corrected chi connectivity index (χ0v) is 17.4. The van der Waals surface area contributed by atoms with E-state index in [0.29, 0.717) is 22.5 Å². The van der Waals surface area contributed by atoms with Gasteiger partial charge < -0.3 is 5.32 Å². The molecular formula is C21H23NO4S2. The van der Waals surface area contributed by atoms with E-state index < -0.39 is 15.8 Å². The van der Waals surface area contributed by atoms with Gasteiger partial charge in [-0.25, -0.2) is 8.42 Å². The number of ketones is 1. The number of nitrogens with one attached hydrogen (secondary N) is 1. The minimum atomic E-state index is -3.13. The average Bonchev–Trinajstić information content (AvgIpc) is 3.21. The van der Waals surface area contributed by atoms with Crippen molar-refractivity contribution in [2.45, 2.75) is 39.0 Å². The minimum absolute atomic E-state index is 0.0567. The number of hydrogen-bond acceptors (Lipinski definition) is 5. The summed E-state index contributed by atoms with van der Waals surface area (Å²) in [5.41, 5.74) is 3.34. The summed E-state index contributed by atoms with van der Waals surface area (Å²) in [7, 11) is -3.13. The van der Waals surface area contributed by atoms with Crippen LogP contribution >= 0.6 is 11.3 Å². The summed E-state index contributed by atoms with van der Waals surface area (Å²) < 4.78 is 23.4. The van der Waals surface area contributed by atoms with Crippen LogP contribution in [-0.2, 0) is 27.5 Å². The van der Waals surface area contributed by atoms with Crippen molar-refractivity contribution in [3.05, 3.63) is 51.4 Å². The molecule has 0 bridgehead atoms. The Morgan fingerprint density at radius 2 is 1.82 bits per heavy atom. The molecule has 1 amide bonds. The third-order valence-electron chi connectivity index (χ3n) is 5.55. The van der Waals surface area contributed by atoms with Crippen molar-refractivity contribution in [1.29, 1.82) is 0 Å². The molecule has 1 N–H and O–H groups in total. The summed E-state index contributed by atoms with van der Waals surface area (Å²) >= 11 is 1.47. The molecule has 2 aromatic rings. The second-order valence-electron chi connectivity index (χ2n) is 7.70. The van der Waals surface area contributed by atoms with Crippen LogP contribution in [-0.4, -0.2) is 31.6 Å². The highest BCUT2D eigenvalue weighted by Gasteiger charge is 2.34. The topological polar surface area (TPSA) is 80.3 Å². The van der Waals surface area contributed by atoms with E-state index in [1.54, 1.807) is 0 Å². The largest absolute Gasteiger partial charge is 0.317 e. The number of amides is 1. The van der Waals surface area contributed by atoms with Gasteiger partial charge in [0.15, 0.2) is 15.6 Å². The van der Waals surface area contributed by atoms with Crippen molar-refractivity contribution >= 4 is 37.9 Å². The van der Waals surface area contributed by atoms with E-state index in [1.807, 2.05) is 31.2 Å². The number of carbonyl (C=O) groups excluding carboxylic acids is 2. The maximum Gasteiger partial charge on any atom is 0.229 e. The van der Waals surface area contributed by atoms with Gasteiger partial charge in [-0.3, -0.25) is 9.59 Å². The van der Waals surface area contributed by atoms with Gasteiger partial charge in [0.25, 0.3) is 0 Å². The summed E-state index contributed by atoms with van der Waals surface area (Å²) in [4.78, 5) is 27.1. The fraction of sp³-hybridized carbons (Fsp3) is 0.429. The first-order valence-electron chi connectivity index (χ1n) is 9.61. The Hall–Kier alpha value is -1.99. The van der Waals surface area contributed by atoms with Crippen molar-refractivity contribution in [1.82, 2.24) is 0 Å². The molecule has 1 aromatic carbocycles. The molecule has 7 heteroatoms. The lowest BCUT2D eigenvalue weighted by molar-refractivity contribution is -0.119. The molecule has 4 rings (SSSR count). The van der Waals surface area contributed by atoms with Crippen LogP contribution in [0.1, 0.15) is 51.2 Å². The van der Waals surface area contributed by atoms with Crippen molar-refractivity contribution in [2.75, 3.05) is 16.8 Å². The van der Waals surface area contributed by atoms with E-state index in [-0.39, 0.29) is 23.2 Å². The summed E-state index contributed by atoms with van der Waals surface area (Å²) in [5.74, 6) is -0.954. The van der Waals surface area contributed by atoms with Gasteiger partial charge in [0.2, 0.25) is 5.91 Å². The van der Waals surface area contributed by atoms with E-state index in [4.69, 9.17) is 0 Å². The fourth-order valence-electron chi connectivity index (χ4n) is 3.96. The predicted octanol–water partition coefficient (Wildman–Crippen LogP) is 3.54. The molecule has 28 heavy (non-hydrogen) atoms. The number of rotatable bonds is 4. The second kappa shape index (κ2) is 7.44. The summed E-state index contributed by atoms with van der Waals surface area (Å²) in [6, 6.07) is 7.46. The van der Waals surface area contributed by atoms with Crippen LogP contribution in [0.2, 0.25) is 0 Å². The highest BCUT2D eigenvalue weighted by molar-refractivity contribution is 7.91. The van der Waals surface area contributed by atoms with Crippen molar-refractivity contribution < 1.29 is 18.0 Å². The molecule has 2 heterocycles. The highest BCUT2D eigenvalue weighted by atomic mass is 32.2. The van der Waals surface area contributed by atoms with E-state index >= 15 is 0 Å². The maximum atomic E-state index is 13.3. The Morgan fingerprint density at radius 1 is 1.11 bits per heavy atom. The molecule has 0 spiro atoms. The Bertz CT molecular complexity index is 1040. The summed E-state index contributed by atoms with van der Waals surface area (Å²) in [6.45, 7) is 1.97. The number of aryl methyl sites for hydroxylation is 2. The Balaban J connectivity index is 1.67. The third-order valence-corrected chi connectivity index (χ3v) is 8.53. The standard InChI is InChI=1S/C21H23NO4S2/c1-13-6-8-14(9-7-13)19(23)18-16-4-2-3-5-17(16)27-21(18)22-20(24)15-10-11-28(25,26)12-15/h6-9,15H,2-5,10-12H2,1H3,(H,22,24)/t15-/m1/s1. The van der Waals surface area contributed by atoms with E-state index in [9.17, 15) is 18.0 Å². The second-order valence-corrected chi connectivity index (χ2v) is 11.0. The lowest BCUT2D eigenvalue weighted by Gasteiger charge is -2.13. The normalized spacial score (nSPS) is 20.5. The molecule has 1 atom stereocenters. The lowest BCUT2D eigenvalue weighted by Crippen LogP contribution is -2.24. The number of fused-ring (bicyclic) bond motifs is 1. The molecule has 0 unspecified atom stereocenters. The number of anilines is 1. The lowest BCUT2D eigenvalue weighted by atomic mass is 9.91. The minimum Gasteiger partial charge on any atom is -0.317 e. The van der Waals surface area contributed by atoms with Crippen molar-refractivity contribution in [3.8, 4) is 0 Å². The van der Waals surface area contributed by atoms with E-state index in [1.165, 1.54) is 11.3 Å². The zero-order valence-electron chi connectivity index (χ0n) is 15.8. The van der Waals surface area contributed by atoms with Gasteiger partial charge >= 0.3 is 0 Å². The molecule has 1 saturated heterocycles. The summed E-state index contributed by atoms with van der Waals surface area (Å²) in [6.07, 6.45) is 4.22. The fourth-order valence-corrected chi connectivity index (χ4v) is 6.99. The SMILES string of the molecule is Cc1ccc(C(=O)c2c(NC(=O)[C@@H]3CCS(=O)(=O)C3)sc3c2CCCC3)cc1. The molecule has 2 aliphatic rings. The average molecular weight is 418 g/mol. The number of benzene rings is 1. The molecule has 1 aliphatic carbocycles. The quantitative estimate of drug-likeness (QED) is 0.772. The van der Waals surface area contributed by atoms with Crippen molar-refractivity contribution in [3.63, 3.8) is 0 Å². The number of sulfone groups is 1. The number of hydrogen-bond donors (Lipinski definition) is 1. The monoisotopic (exact) mass is 417 g/mol. The highest BCUT2D eigenvalue weighted by Crippen LogP contribution is 2.39. The number of thiophene rings is 1. The van der Waals surface area contributed by atoms with Crippen LogP contribution in [0.25, 0.3) is 0 Å². The van der Waals surface area contributed by atoms with Gasteiger partial charge in [-0.05, 0) is 44.6 Å². The van der Waals surface area contributed by atoms with Gasteiger partial charge in [-0.15, -0.1) is 11.3 Å². The van der Waals surface area contributed by atoms with Gasteiger partial charge in [-0.1, -0.05) is 29.8 Å². The van der Waals surface area contributed by atoms with Crippen LogP contribution in [0.5, 0.6) is 0 Å². The van der Waals surface area contributed by atoms with Crippen LogP contribution in [0.15, 0.2) is 24.3 Å². The Morgan fingerprint density at radius 3 is 2.50 bits per heavy atom. The van der Waals surface area contributed by atoms with Gasteiger partial charge in [0.1, 0.15) is 5.00 Å². The third kappa shape index (κ3) is 3.78. The smallest absolute Gasteiger partial charge is 0.229 e. The van der Waals surface area contributed by atoms with Crippen LogP contribution in [0.4, 0.5) is 5.00 Å². The predicted molar refractivity (Wildman–Crippen MR) is 111 cm³/mol. The number of carbonyl (C=O) groups is 2. The van der Waals surface area contributed by atoms with Gasteiger partial charge in [-0.2, -0.15) is 0 Å². The molecule has 0 radical (unpaired) electrons. The van der Waals surface area contributed by atoms with Gasteiger partial charge in [0, 0.05) is 10.4 Å². The van der Waals surface area contributed by atoms with Crippen molar-refractivity contribution in [2.24, 2.45) is 5.92 Å². The Labute approximate surface area is 169 Å². The molecule has 1 aromatic heterocycles. The molecule has 0 saturated carbocycles. The molecule has 148 valence electrons. The van der Waals surface area contributed by atoms with E-state index in [2.05, 4.69) is 5.32 Å². The van der Waals surface area contributed by atoms with Crippen LogP contribution < -0.4 is 5.32 Å². The van der Waals surface area contributed by atoms with Crippen LogP contribution in [0, 0.1) is 12.8 Å². The van der Waals surface area contributed by atoms with Gasteiger partial charge in [0.05, 0.1) is 23.0 Å². The first kappa shape index (κ1) is 19.3. The molecule has 1 aliphatic heterocycles. The molecule has 5 nitrogen and oxygen atoms in total. The molecule has 1 fully saturated rings. The Kier molecular flexibility index (Phi) is 5.14.